The zero-order chi connectivity index (χ0) is 8.97. The third-order valence-corrected chi connectivity index (χ3v) is 1.72. The Labute approximate surface area is 72.5 Å². The fourth-order valence-electron chi connectivity index (χ4n) is 1.05. The lowest BCUT2D eigenvalue weighted by atomic mass is 10.2. The summed E-state index contributed by atoms with van der Waals surface area (Å²) in [7, 11) is 3.52. The molecule has 66 valence electrons. The minimum atomic E-state index is 0.767. The largest absolute Gasteiger partial charge is 0.497 e. The Kier molecular flexibility index (Phi) is 2.94. The smallest absolute Gasteiger partial charge is 0.120 e. The van der Waals surface area contributed by atoms with E-state index in [4.69, 9.17) is 10.5 Å². The number of hydrogen-bond acceptors (Lipinski definition) is 3. The fraction of sp³-hybridized carbons (Fsp3) is 0.333. The van der Waals surface area contributed by atoms with Gasteiger partial charge in [0.1, 0.15) is 5.75 Å². The van der Waals surface area contributed by atoms with Crippen LogP contribution in [0.2, 0.25) is 0 Å². The van der Waals surface area contributed by atoms with Crippen LogP contribution in [0.4, 0.5) is 5.69 Å². The van der Waals surface area contributed by atoms with Gasteiger partial charge in [-0.15, -0.1) is 0 Å². The lowest BCUT2D eigenvalue weighted by molar-refractivity contribution is 0.415. The van der Waals surface area contributed by atoms with E-state index in [0.29, 0.717) is 0 Å². The molecule has 1 aromatic rings. The summed E-state index contributed by atoms with van der Waals surface area (Å²) in [6.45, 7) is 0.788. The Hall–Kier alpha value is -1.22. The van der Waals surface area contributed by atoms with Crippen molar-refractivity contribution in [2.75, 3.05) is 19.9 Å². The molecule has 0 spiro atoms. The van der Waals surface area contributed by atoms with Gasteiger partial charge in [0.05, 0.1) is 7.11 Å². The van der Waals surface area contributed by atoms with Crippen molar-refractivity contribution in [3.05, 3.63) is 23.8 Å². The summed E-state index contributed by atoms with van der Waals surface area (Å²) in [5.41, 5.74) is 7.63. The Balaban J connectivity index is 2.87. The van der Waals surface area contributed by atoms with Crippen LogP contribution in [0.3, 0.4) is 0 Å². The first-order valence-corrected chi connectivity index (χ1v) is 3.85. The maximum absolute atomic E-state index is 5.76. The first kappa shape index (κ1) is 8.87. The van der Waals surface area contributed by atoms with E-state index < -0.39 is 0 Å². The van der Waals surface area contributed by atoms with Crippen molar-refractivity contribution >= 4 is 5.69 Å². The number of methoxy groups -OCH3 is 1. The van der Waals surface area contributed by atoms with Crippen molar-refractivity contribution in [2.45, 2.75) is 6.54 Å². The predicted octanol–water partition coefficient (Wildman–Crippen LogP) is 0.997. The van der Waals surface area contributed by atoms with E-state index in [-0.39, 0.29) is 0 Å². The van der Waals surface area contributed by atoms with Gasteiger partial charge in [-0.2, -0.15) is 0 Å². The number of ether oxygens (including phenoxy) is 1. The van der Waals surface area contributed by atoms with Gasteiger partial charge in [-0.05, 0) is 18.7 Å². The van der Waals surface area contributed by atoms with Gasteiger partial charge in [0.25, 0.3) is 0 Å². The van der Waals surface area contributed by atoms with Gasteiger partial charge in [-0.25, -0.2) is 0 Å². The van der Waals surface area contributed by atoms with Crippen molar-refractivity contribution in [1.29, 1.82) is 0 Å². The maximum atomic E-state index is 5.76. The number of rotatable bonds is 3. The second-order valence-corrected chi connectivity index (χ2v) is 2.60. The molecule has 3 N–H and O–H groups in total. The number of anilines is 1. The van der Waals surface area contributed by atoms with E-state index in [0.717, 1.165) is 23.5 Å². The molecule has 0 saturated heterocycles. The number of nitrogens with two attached hydrogens (primary N) is 1. The minimum absolute atomic E-state index is 0.767. The molecule has 0 radical (unpaired) electrons. The van der Waals surface area contributed by atoms with E-state index >= 15 is 0 Å². The predicted molar refractivity (Wildman–Crippen MR) is 50.2 cm³/mol. The lowest BCUT2D eigenvalue weighted by Gasteiger charge is -2.06. The summed E-state index contributed by atoms with van der Waals surface area (Å²) in [5.74, 6) is 0.798. The lowest BCUT2D eigenvalue weighted by Crippen LogP contribution is -2.07. The minimum Gasteiger partial charge on any atom is -0.497 e. The van der Waals surface area contributed by atoms with Gasteiger partial charge in [-0.3, -0.25) is 0 Å². The molecule has 12 heavy (non-hydrogen) atoms. The van der Waals surface area contributed by atoms with Gasteiger partial charge < -0.3 is 15.8 Å². The second kappa shape index (κ2) is 3.97. The fourth-order valence-corrected chi connectivity index (χ4v) is 1.05. The summed E-state index contributed by atoms with van der Waals surface area (Å²) in [4.78, 5) is 0. The highest BCUT2D eigenvalue weighted by atomic mass is 16.5. The highest BCUT2D eigenvalue weighted by Crippen LogP contribution is 2.18. The second-order valence-electron chi connectivity index (χ2n) is 2.60. The molecule has 0 bridgehead atoms. The van der Waals surface area contributed by atoms with Gasteiger partial charge in [0.2, 0.25) is 0 Å². The molecule has 0 saturated carbocycles. The topological polar surface area (TPSA) is 47.3 Å². The van der Waals surface area contributed by atoms with Crippen LogP contribution < -0.4 is 15.8 Å². The van der Waals surface area contributed by atoms with Crippen molar-refractivity contribution in [2.24, 2.45) is 0 Å². The summed E-state index contributed by atoms with van der Waals surface area (Å²) in [6.07, 6.45) is 0. The van der Waals surface area contributed by atoms with Crippen LogP contribution in [0.25, 0.3) is 0 Å². The molecule has 0 atom stereocenters. The van der Waals surface area contributed by atoms with Crippen LogP contribution in [0.1, 0.15) is 5.56 Å². The van der Waals surface area contributed by atoms with Crippen LogP contribution in [0.5, 0.6) is 5.75 Å². The zero-order valence-electron chi connectivity index (χ0n) is 7.42. The van der Waals surface area contributed by atoms with E-state index in [1.165, 1.54) is 0 Å². The van der Waals surface area contributed by atoms with Crippen molar-refractivity contribution in [3.8, 4) is 5.75 Å². The summed E-state index contributed by atoms with van der Waals surface area (Å²) in [5, 5.41) is 3.04. The molecule has 0 unspecified atom stereocenters. The third kappa shape index (κ3) is 1.89. The SMILES string of the molecule is CNCc1ccc(OC)cc1N. The van der Waals surface area contributed by atoms with Crippen LogP contribution >= 0.6 is 0 Å². The quantitative estimate of drug-likeness (QED) is 0.658. The molecular weight excluding hydrogens is 152 g/mol. The van der Waals surface area contributed by atoms with Crippen molar-refractivity contribution in [1.82, 2.24) is 5.32 Å². The van der Waals surface area contributed by atoms with Gasteiger partial charge in [-0.1, -0.05) is 6.07 Å². The number of hydrogen-bond donors (Lipinski definition) is 2. The zero-order valence-corrected chi connectivity index (χ0v) is 7.42. The first-order valence-electron chi connectivity index (χ1n) is 3.85. The van der Waals surface area contributed by atoms with Crippen LogP contribution in [0.15, 0.2) is 18.2 Å². The number of nitrogen functional groups attached to an aromatic ring is 1. The molecule has 0 aliphatic rings. The highest BCUT2D eigenvalue weighted by molar-refractivity contribution is 5.51. The van der Waals surface area contributed by atoms with Gasteiger partial charge >= 0.3 is 0 Å². The number of nitrogens with one attached hydrogen (secondary N) is 1. The van der Waals surface area contributed by atoms with Crippen LogP contribution in [0, 0.1) is 0 Å². The van der Waals surface area contributed by atoms with Gasteiger partial charge in [0, 0.05) is 18.3 Å². The molecule has 0 heterocycles. The molecule has 0 fully saturated rings. The number of benzene rings is 1. The average molecular weight is 166 g/mol. The molecule has 0 aliphatic carbocycles. The normalized spacial score (nSPS) is 9.83. The third-order valence-electron chi connectivity index (χ3n) is 1.72. The molecule has 3 heteroatoms. The van der Waals surface area contributed by atoms with E-state index in [1.54, 1.807) is 7.11 Å². The van der Waals surface area contributed by atoms with E-state index in [9.17, 15) is 0 Å². The Morgan fingerprint density at radius 1 is 1.50 bits per heavy atom. The van der Waals surface area contributed by atoms with Crippen molar-refractivity contribution in [3.63, 3.8) is 0 Å². The summed E-state index contributed by atoms with van der Waals surface area (Å²) in [6, 6.07) is 5.69. The molecule has 3 nitrogen and oxygen atoms in total. The molecule has 0 aromatic heterocycles. The molecule has 1 rings (SSSR count). The Bertz CT molecular complexity index is 261. The van der Waals surface area contributed by atoms with Crippen molar-refractivity contribution < 1.29 is 4.74 Å². The van der Waals surface area contributed by atoms with Crippen LogP contribution in [-0.4, -0.2) is 14.2 Å². The summed E-state index contributed by atoms with van der Waals surface area (Å²) >= 11 is 0. The highest BCUT2D eigenvalue weighted by Gasteiger charge is 1.98. The summed E-state index contributed by atoms with van der Waals surface area (Å²) < 4.78 is 5.03. The van der Waals surface area contributed by atoms with Gasteiger partial charge in [0.15, 0.2) is 0 Å². The molecule has 0 amide bonds. The molecular formula is C9H14N2O. The van der Waals surface area contributed by atoms with E-state index in [2.05, 4.69) is 5.32 Å². The standard InChI is InChI=1S/C9H14N2O/c1-11-6-7-3-4-8(12-2)5-9(7)10/h3-5,11H,6,10H2,1-2H3. The maximum Gasteiger partial charge on any atom is 0.120 e. The average Bonchev–Trinajstić information content (AvgIpc) is 2.09. The Morgan fingerprint density at radius 2 is 2.25 bits per heavy atom. The molecule has 0 aliphatic heterocycles. The van der Waals surface area contributed by atoms with E-state index in [1.807, 2.05) is 25.2 Å². The molecule has 1 aromatic carbocycles. The monoisotopic (exact) mass is 166 g/mol. The Morgan fingerprint density at radius 3 is 2.75 bits per heavy atom. The first-order chi connectivity index (χ1) is 5.77. The van der Waals surface area contributed by atoms with Crippen LogP contribution in [-0.2, 0) is 6.54 Å².